The Hall–Kier alpha value is -1.94. The first-order valence-electron chi connectivity index (χ1n) is 39.8. The Labute approximate surface area is 588 Å². The molecule has 0 aliphatic carbocycles. The van der Waals surface area contributed by atoms with Crippen LogP contribution < -0.4 is 0 Å². The third-order valence-corrected chi connectivity index (χ3v) is 19.8. The first-order valence-corrected chi connectivity index (χ1v) is 42.8. The van der Waals surface area contributed by atoms with Gasteiger partial charge in [-0.1, -0.05) is 344 Å². The van der Waals surface area contributed by atoms with E-state index in [0.717, 1.165) is 108 Å². The number of aliphatic hydroxyl groups excluding tert-OH is 1. The molecular weight excluding hydrogens is 1260 g/mol. The lowest BCUT2D eigenvalue weighted by atomic mass is 10.0. The number of hydrogen-bond acceptors (Lipinski definition) is 15. The molecule has 570 valence electrons. The molecule has 0 bridgehead atoms. The number of rotatable bonds is 75. The van der Waals surface area contributed by atoms with Crippen LogP contribution in [0.25, 0.3) is 0 Å². The van der Waals surface area contributed by atoms with Crippen LogP contribution in [0.3, 0.4) is 0 Å². The van der Waals surface area contributed by atoms with Gasteiger partial charge in [0.15, 0.2) is 12.2 Å². The first-order chi connectivity index (χ1) is 46.2. The van der Waals surface area contributed by atoms with Crippen LogP contribution in [0.5, 0.6) is 0 Å². The zero-order chi connectivity index (χ0) is 70.9. The maximum atomic E-state index is 13.1. The SMILES string of the molecule is CCCCCCCCCCCC(=O)OC[C@H](COP(=O)(O)OC[C@H](O)COP(=O)(O)OC[C@@H](COC(=O)CCCCCCCCCCCCCC(C)C)OC(=O)CCCCCCCCCCCCCCCCCCCCC(C)C)OC(=O)CCCCCCCCCCCC(C)C. The number of aliphatic hydroxyl groups is 1. The van der Waals surface area contributed by atoms with E-state index in [1.165, 1.54) is 205 Å². The van der Waals surface area contributed by atoms with Gasteiger partial charge in [0.1, 0.15) is 19.3 Å². The van der Waals surface area contributed by atoms with Gasteiger partial charge in [0, 0.05) is 25.7 Å². The number of esters is 4. The van der Waals surface area contributed by atoms with Gasteiger partial charge in [0.2, 0.25) is 0 Å². The van der Waals surface area contributed by atoms with E-state index in [1.807, 2.05) is 0 Å². The minimum atomic E-state index is -4.96. The number of phosphoric acid groups is 2. The molecule has 3 N–H and O–H groups in total. The fraction of sp³-hybridized carbons (Fsp3) is 0.948. The zero-order valence-corrected chi connectivity index (χ0v) is 64.6. The van der Waals surface area contributed by atoms with Crippen molar-refractivity contribution in [2.24, 2.45) is 17.8 Å². The van der Waals surface area contributed by atoms with Gasteiger partial charge in [-0.15, -0.1) is 0 Å². The van der Waals surface area contributed by atoms with E-state index in [1.54, 1.807) is 0 Å². The molecule has 17 nitrogen and oxygen atoms in total. The van der Waals surface area contributed by atoms with E-state index >= 15 is 0 Å². The molecule has 2 unspecified atom stereocenters. The fourth-order valence-electron chi connectivity index (χ4n) is 11.8. The van der Waals surface area contributed by atoms with Crippen molar-refractivity contribution in [1.82, 2.24) is 0 Å². The highest BCUT2D eigenvalue weighted by Crippen LogP contribution is 2.45. The predicted octanol–water partition coefficient (Wildman–Crippen LogP) is 22.6. The van der Waals surface area contributed by atoms with Crippen molar-refractivity contribution in [1.29, 1.82) is 0 Å². The standard InChI is InChI=1S/C77H150O17P2/c1-8-9-10-11-12-27-37-44-51-58-74(79)87-64-72(94-77(82)61-54-47-40-33-26-30-36-43-50-57-70(6)7)66-91-95(83,84)89-62-71(78)63-90-96(85,86)92-67-73(65-88-75(80)59-52-45-38-31-25-21-23-29-35-42-49-56-69(4)5)93-76(81)60-53-46-39-32-24-20-18-16-14-13-15-17-19-22-28-34-41-48-55-68(2)3/h68-73,78H,8-67H2,1-7H3,(H,83,84)(H,85,86)/t71-,72+,73+/m0/s1. The number of phosphoric ester groups is 2. The summed E-state index contributed by atoms with van der Waals surface area (Å²) in [5.74, 6) is 0.210. The van der Waals surface area contributed by atoms with Gasteiger partial charge in [-0.3, -0.25) is 37.3 Å². The van der Waals surface area contributed by atoms with Crippen LogP contribution in [-0.2, 0) is 65.4 Å². The van der Waals surface area contributed by atoms with Gasteiger partial charge in [-0.25, -0.2) is 9.13 Å². The number of ether oxygens (including phenoxy) is 4. The van der Waals surface area contributed by atoms with Gasteiger partial charge >= 0.3 is 39.5 Å². The molecule has 19 heteroatoms. The molecule has 0 spiro atoms. The van der Waals surface area contributed by atoms with Gasteiger partial charge in [0.05, 0.1) is 26.4 Å². The number of hydrogen-bond donors (Lipinski definition) is 3. The number of carbonyl (C=O) groups excluding carboxylic acids is 4. The van der Waals surface area contributed by atoms with Crippen LogP contribution in [0.4, 0.5) is 0 Å². The van der Waals surface area contributed by atoms with Crippen molar-refractivity contribution in [2.45, 2.75) is 414 Å². The molecule has 0 amide bonds. The average molecular weight is 1410 g/mol. The van der Waals surface area contributed by atoms with Crippen molar-refractivity contribution in [3.05, 3.63) is 0 Å². The second kappa shape index (κ2) is 67.5. The zero-order valence-electron chi connectivity index (χ0n) is 62.8. The maximum Gasteiger partial charge on any atom is 0.472 e. The highest BCUT2D eigenvalue weighted by Gasteiger charge is 2.30. The molecule has 0 radical (unpaired) electrons. The molecule has 96 heavy (non-hydrogen) atoms. The van der Waals surface area contributed by atoms with Crippen molar-refractivity contribution >= 4 is 39.5 Å². The van der Waals surface area contributed by atoms with Crippen LogP contribution in [0.1, 0.15) is 395 Å². The molecule has 0 aromatic carbocycles. The largest absolute Gasteiger partial charge is 0.472 e. The van der Waals surface area contributed by atoms with E-state index < -0.39 is 97.5 Å². The smallest absolute Gasteiger partial charge is 0.462 e. The van der Waals surface area contributed by atoms with Crippen molar-refractivity contribution in [3.8, 4) is 0 Å². The van der Waals surface area contributed by atoms with E-state index in [9.17, 15) is 43.2 Å². The average Bonchev–Trinajstić information content (AvgIpc) is 1.73. The number of carbonyl (C=O) groups is 4. The van der Waals surface area contributed by atoms with Gasteiger partial charge in [-0.05, 0) is 43.4 Å². The summed E-state index contributed by atoms with van der Waals surface area (Å²) in [6, 6.07) is 0. The van der Waals surface area contributed by atoms with E-state index in [2.05, 4.69) is 48.5 Å². The number of unbranched alkanes of at least 4 members (excludes halogenated alkanes) is 43. The molecule has 0 aromatic heterocycles. The predicted molar refractivity (Wildman–Crippen MR) is 391 cm³/mol. The summed E-state index contributed by atoms with van der Waals surface area (Å²) >= 11 is 0. The molecule has 0 heterocycles. The van der Waals surface area contributed by atoms with Crippen molar-refractivity contribution in [2.75, 3.05) is 39.6 Å². The monoisotopic (exact) mass is 1410 g/mol. The Morgan fingerprint density at radius 3 is 0.708 bits per heavy atom. The Kier molecular flexibility index (Phi) is 66.2. The summed E-state index contributed by atoms with van der Waals surface area (Å²) in [5.41, 5.74) is 0. The van der Waals surface area contributed by atoms with E-state index in [0.29, 0.717) is 25.7 Å². The summed E-state index contributed by atoms with van der Waals surface area (Å²) in [6.45, 7) is 11.9. The Morgan fingerprint density at radius 2 is 0.479 bits per heavy atom. The fourth-order valence-corrected chi connectivity index (χ4v) is 13.4. The third-order valence-electron chi connectivity index (χ3n) is 17.9. The molecular formula is C77H150O17P2. The van der Waals surface area contributed by atoms with Crippen LogP contribution in [0, 0.1) is 17.8 Å². The Morgan fingerprint density at radius 1 is 0.281 bits per heavy atom. The van der Waals surface area contributed by atoms with Gasteiger partial charge < -0.3 is 33.8 Å². The summed E-state index contributed by atoms with van der Waals surface area (Å²) in [4.78, 5) is 72.8. The van der Waals surface area contributed by atoms with E-state index in [-0.39, 0.29) is 25.7 Å². The maximum absolute atomic E-state index is 13.1. The quantitative estimate of drug-likeness (QED) is 0.0222. The molecule has 0 aliphatic heterocycles. The second-order valence-corrected chi connectivity index (χ2v) is 32.1. The van der Waals surface area contributed by atoms with Gasteiger partial charge in [0.25, 0.3) is 0 Å². The lowest BCUT2D eigenvalue weighted by Gasteiger charge is -2.21. The Bertz CT molecular complexity index is 1870. The lowest BCUT2D eigenvalue weighted by molar-refractivity contribution is -0.161. The summed E-state index contributed by atoms with van der Waals surface area (Å²) in [5, 5.41) is 10.6. The molecule has 0 aromatic rings. The molecule has 0 aliphatic rings. The minimum Gasteiger partial charge on any atom is -0.462 e. The van der Waals surface area contributed by atoms with E-state index in [4.69, 9.17) is 37.0 Å². The van der Waals surface area contributed by atoms with Crippen molar-refractivity contribution < 1.29 is 80.2 Å². The highest BCUT2D eigenvalue weighted by molar-refractivity contribution is 7.47. The second-order valence-electron chi connectivity index (χ2n) is 29.2. The lowest BCUT2D eigenvalue weighted by Crippen LogP contribution is -2.30. The normalized spacial score (nSPS) is 14.1. The van der Waals surface area contributed by atoms with Gasteiger partial charge in [-0.2, -0.15) is 0 Å². The van der Waals surface area contributed by atoms with Crippen LogP contribution in [0.15, 0.2) is 0 Å². The third kappa shape index (κ3) is 70.5. The molecule has 0 fully saturated rings. The van der Waals surface area contributed by atoms with Crippen LogP contribution in [-0.4, -0.2) is 96.7 Å². The van der Waals surface area contributed by atoms with Crippen LogP contribution in [0.2, 0.25) is 0 Å². The minimum absolute atomic E-state index is 0.105. The topological polar surface area (TPSA) is 237 Å². The van der Waals surface area contributed by atoms with Crippen LogP contribution >= 0.6 is 15.6 Å². The first kappa shape index (κ1) is 94.1. The summed E-state index contributed by atoms with van der Waals surface area (Å²) in [7, 11) is -9.91. The highest BCUT2D eigenvalue weighted by atomic mass is 31.2. The summed E-state index contributed by atoms with van der Waals surface area (Å²) in [6.07, 6.45) is 54.2. The molecule has 0 rings (SSSR count). The molecule has 0 saturated carbocycles. The molecule has 0 saturated heterocycles. The molecule has 5 atom stereocenters. The van der Waals surface area contributed by atoms with Crippen molar-refractivity contribution in [3.63, 3.8) is 0 Å². The Balaban J connectivity index is 5.20. The summed E-state index contributed by atoms with van der Waals surface area (Å²) < 4.78 is 68.5.